The highest BCUT2D eigenvalue weighted by Gasteiger charge is 2.44. The van der Waals surface area contributed by atoms with E-state index in [0.29, 0.717) is 0 Å². The summed E-state index contributed by atoms with van der Waals surface area (Å²) in [6.45, 7) is 1.70. The van der Waals surface area contributed by atoms with Crippen molar-refractivity contribution < 1.29 is 15.3 Å². The number of halogens is 1. The zero-order chi connectivity index (χ0) is 7.89. The summed E-state index contributed by atoms with van der Waals surface area (Å²) in [4.78, 5) is 0. The number of hydrogen-bond acceptors (Lipinski definition) is 4. The van der Waals surface area contributed by atoms with Gasteiger partial charge in [-0.2, -0.15) is 0 Å². The normalized spacial score (nSPS) is 50.5. The standard InChI is InChI=1S/C6H13NO3.ClH/c1-2-3(7)5(9)6(10)4(2)8;/h2-6,8-10H,7H2,1H3;1H/t2-,3+,4+,5-,6+;/m1./s1. The van der Waals surface area contributed by atoms with Crippen LogP contribution >= 0.6 is 12.4 Å². The van der Waals surface area contributed by atoms with Crippen LogP contribution in [-0.4, -0.2) is 39.7 Å². The van der Waals surface area contributed by atoms with Crippen LogP contribution in [0.1, 0.15) is 6.92 Å². The van der Waals surface area contributed by atoms with Gasteiger partial charge in [0.1, 0.15) is 6.10 Å². The first-order valence-electron chi connectivity index (χ1n) is 3.35. The third kappa shape index (κ3) is 1.65. The number of aliphatic hydroxyl groups excluding tert-OH is 3. The lowest BCUT2D eigenvalue weighted by molar-refractivity contribution is -0.0257. The van der Waals surface area contributed by atoms with E-state index in [1.165, 1.54) is 0 Å². The van der Waals surface area contributed by atoms with Crippen molar-refractivity contribution in [2.45, 2.75) is 31.3 Å². The molecule has 0 heterocycles. The molecule has 11 heavy (non-hydrogen) atoms. The average molecular weight is 184 g/mol. The zero-order valence-electron chi connectivity index (χ0n) is 6.21. The topological polar surface area (TPSA) is 86.7 Å². The molecule has 5 heteroatoms. The lowest BCUT2D eigenvalue weighted by Crippen LogP contribution is -2.37. The Labute approximate surface area is 71.4 Å². The Balaban J connectivity index is 0.000001000. The molecule has 5 N–H and O–H groups in total. The van der Waals surface area contributed by atoms with E-state index in [1.807, 2.05) is 0 Å². The lowest BCUT2D eigenvalue weighted by atomic mass is 10.1. The van der Waals surface area contributed by atoms with E-state index in [0.717, 1.165) is 0 Å². The van der Waals surface area contributed by atoms with Crippen LogP contribution in [0.25, 0.3) is 0 Å². The predicted octanol–water partition coefficient (Wildman–Crippen LogP) is -1.53. The molecule has 0 aliphatic heterocycles. The van der Waals surface area contributed by atoms with Crippen molar-refractivity contribution in [1.82, 2.24) is 0 Å². The monoisotopic (exact) mass is 183 g/mol. The van der Waals surface area contributed by atoms with E-state index in [2.05, 4.69) is 0 Å². The molecule has 1 aliphatic carbocycles. The van der Waals surface area contributed by atoms with Crippen LogP contribution in [0.4, 0.5) is 0 Å². The summed E-state index contributed by atoms with van der Waals surface area (Å²) in [7, 11) is 0. The van der Waals surface area contributed by atoms with Gasteiger partial charge in [-0.1, -0.05) is 6.92 Å². The van der Waals surface area contributed by atoms with Crippen molar-refractivity contribution in [2.24, 2.45) is 11.7 Å². The van der Waals surface area contributed by atoms with E-state index < -0.39 is 24.4 Å². The SMILES string of the molecule is C[C@@H]1[C@H](N)[C@@H](O)[C@@H](O)[C@H]1O.Cl. The highest BCUT2D eigenvalue weighted by Crippen LogP contribution is 2.24. The average Bonchev–Trinajstić information content (AvgIpc) is 2.07. The molecule has 0 spiro atoms. The van der Waals surface area contributed by atoms with Crippen molar-refractivity contribution >= 4 is 12.4 Å². The summed E-state index contributed by atoms with van der Waals surface area (Å²) in [5.41, 5.74) is 5.43. The third-order valence-electron chi connectivity index (χ3n) is 2.24. The molecule has 0 radical (unpaired) electrons. The van der Waals surface area contributed by atoms with Crippen LogP contribution < -0.4 is 5.73 Å². The summed E-state index contributed by atoms with van der Waals surface area (Å²) in [5, 5.41) is 27.2. The van der Waals surface area contributed by atoms with Gasteiger partial charge < -0.3 is 21.1 Å². The molecule has 0 bridgehead atoms. The summed E-state index contributed by atoms with van der Waals surface area (Å²) in [6, 6.07) is -0.509. The van der Waals surface area contributed by atoms with Crippen LogP contribution in [0, 0.1) is 5.92 Å². The van der Waals surface area contributed by atoms with Gasteiger partial charge in [-0.3, -0.25) is 0 Å². The fraction of sp³-hybridized carbons (Fsp3) is 1.00. The molecule has 0 aromatic heterocycles. The first kappa shape index (κ1) is 11.1. The number of hydrogen-bond donors (Lipinski definition) is 4. The zero-order valence-corrected chi connectivity index (χ0v) is 7.03. The van der Waals surface area contributed by atoms with Gasteiger partial charge in [0.2, 0.25) is 0 Å². The van der Waals surface area contributed by atoms with Crippen molar-refractivity contribution in [3.8, 4) is 0 Å². The second-order valence-corrected chi connectivity index (χ2v) is 2.91. The van der Waals surface area contributed by atoms with Crippen molar-refractivity contribution in [2.75, 3.05) is 0 Å². The number of aliphatic hydroxyl groups is 3. The van der Waals surface area contributed by atoms with Crippen LogP contribution in [0.5, 0.6) is 0 Å². The second-order valence-electron chi connectivity index (χ2n) is 2.91. The van der Waals surface area contributed by atoms with Crippen molar-refractivity contribution in [1.29, 1.82) is 0 Å². The minimum atomic E-state index is -1.08. The quantitative estimate of drug-likeness (QED) is 0.367. The molecule has 4 nitrogen and oxygen atoms in total. The maximum atomic E-state index is 9.12. The maximum absolute atomic E-state index is 9.12. The van der Waals surface area contributed by atoms with E-state index >= 15 is 0 Å². The molecule has 0 aromatic rings. The Hall–Kier alpha value is 0.130. The van der Waals surface area contributed by atoms with Crippen molar-refractivity contribution in [3.05, 3.63) is 0 Å². The first-order valence-corrected chi connectivity index (χ1v) is 3.35. The first-order chi connectivity index (χ1) is 4.55. The largest absolute Gasteiger partial charge is 0.390 e. The van der Waals surface area contributed by atoms with E-state index in [1.54, 1.807) is 6.92 Å². The Kier molecular flexibility index (Phi) is 3.73. The van der Waals surface area contributed by atoms with E-state index in [9.17, 15) is 0 Å². The maximum Gasteiger partial charge on any atom is 0.108 e. The smallest absolute Gasteiger partial charge is 0.108 e. The Bertz CT molecular complexity index is 90.2. The van der Waals surface area contributed by atoms with Crippen LogP contribution in [0.3, 0.4) is 0 Å². The van der Waals surface area contributed by atoms with Crippen LogP contribution in [-0.2, 0) is 0 Å². The van der Waals surface area contributed by atoms with Gasteiger partial charge in [-0.15, -0.1) is 12.4 Å². The predicted molar refractivity (Wildman–Crippen MR) is 42.4 cm³/mol. The molecule has 1 rings (SSSR count). The summed E-state index contributed by atoms with van der Waals surface area (Å²) >= 11 is 0. The van der Waals surface area contributed by atoms with Gasteiger partial charge in [0, 0.05) is 12.0 Å². The van der Waals surface area contributed by atoms with Crippen molar-refractivity contribution in [3.63, 3.8) is 0 Å². The molecule has 0 amide bonds. The summed E-state index contributed by atoms with van der Waals surface area (Å²) in [6.07, 6.45) is -2.94. The minimum absolute atomic E-state index is 0. The second kappa shape index (κ2) is 3.69. The van der Waals surface area contributed by atoms with Crippen LogP contribution in [0.15, 0.2) is 0 Å². The fourth-order valence-electron chi connectivity index (χ4n) is 1.28. The summed E-state index contributed by atoms with van der Waals surface area (Å²) in [5.74, 6) is -0.231. The molecule has 0 saturated heterocycles. The Morgan fingerprint density at radius 1 is 1.00 bits per heavy atom. The number of rotatable bonds is 0. The highest BCUT2D eigenvalue weighted by atomic mass is 35.5. The van der Waals surface area contributed by atoms with Gasteiger partial charge >= 0.3 is 0 Å². The van der Waals surface area contributed by atoms with E-state index in [4.69, 9.17) is 21.1 Å². The molecular weight excluding hydrogens is 170 g/mol. The fourth-order valence-corrected chi connectivity index (χ4v) is 1.28. The Morgan fingerprint density at radius 3 is 1.55 bits per heavy atom. The van der Waals surface area contributed by atoms with Gasteiger partial charge in [0.25, 0.3) is 0 Å². The molecule has 1 fully saturated rings. The molecule has 0 unspecified atom stereocenters. The Morgan fingerprint density at radius 2 is 1.45 bits per heavy atom. The van der Waals surface area contributed by atoms with E-state index in [-0.39, 0.29) is 18.3 Å². The molecular formula is C6H14ClNO3. The molecule has 1 saturated carbocycles. The number of nitrogens with two attached hydrogens (primary N) is 1. The minimum Gasteiger partial charge on any atom is -0.390 e. The summed E-state index contributed by atoms with van der Waals surface area (Å²) < 4.78 is 0. The molecule has 0 aromatic carbocycles. The molecule has 5 atom stereocenters. The van der Waals surface area contributed by atoms with Gasteiger partial charge in [-0.25, -0.2) is 0 Å². The van der Waals surface area contributed by atoms with Gasteiger partial charge in [-0.05, 0) is 0 Å². The lowest BCUT2D eigenvalue weighted by Gasteiger charge is -2.12. The molecule has 1 aliphatic rings. The van der Waals surface area contributed by atoms with Gasteiger partial charge in [0.15, 0.2) is 0 Å². The third-order valence-corrected chi connectivity index (χ3v) is 2.24. The van der Waals surface area contributed by atoms with Gasteiger partial charge in [0.05, 0.1) is 12.2 Å². The highest BCUT2D eigenvalue weighted by molar-refractivity contribution is 5.85. The molecule has 68 valence electrons. The van der Waals surface area contributed by atoms with Crippen LogP contribution in [0.2, 0.25) is 0 Å².